The molecule has 1 aliphatic rings. The number of hydrogen-bond acceptors (Lipinski definition) is 4. The SMILES string of the molecule is Fc1cccc(NCCCN2CCN(c3ccccc3F)CC2)n1. The Labute approximate surface area is 141 Å². The summed E-state index contributed by atoms with van der Waals surface area (Å²) in [7, 11) is 0. The molecule has 1 saturated heterocycles. The van der Waals surface area contributed by atoms with Gasteiger partial charge in [0.25, 0.3) is 0 Å². The van der Waals surface area contributed by atoms with Crippen LogP contribution in [0.2, 0.25) is 0 Å². The van der Waals surface area contributed by atoms with E-state index in [2.05, 4.69) is 20.1 Å². The van der Waals surface area contributed by atoms with Gasteiger partial charge in [-0.3, -0.25) is 4.90 Å². The Balaban J connectivity index is 1.38. The molecule has 2 aromatic rings. The molecule has 0 amide bonds. The van der Waals surface area contributed by atoms with Crippen LogP contribution in [0.4, 0.5) is 20.3 Å². The highest BCUT2D eigenvalue weighted by Crippen LogP contribution is 2.20. The maximum Gasteiger partial charge on any atom is 0.214 e. The Morgan fingerprint density at radius 2 is 1.75 bits per heavy atom. The smallest absolute Gasteiger partial charge is 0.214 e. The highest BCUT2D eigenvalue weighted by Gasteiger charge is 2.18. The molecule has 0 unspecified atom stereocenters. The molecule has 1 aromatic carbocycles. The van der Waals surface area contributed by atoms with E-state index in [0.717, 1.165) is 45.7 Å². The number of hydrogen-bond donors (Lipinski definition) is 1. The molecule has 0 radical (unpaired) electrons. The monoisotopic (exact) mass is 332 g/mol. The summed E-state index contributed by atoms with van der Waals surface area (Å²) < 4.78 is 26.8. The van der Waals surface area contributed by atoms with E-state index in [1.165, 1.54) is 12.1 Å². The van der Waals surface area contributed by atoms with Crippen molar-refractivity contribution in [1.82, 2.24) is 9.88 Å². The Morgan fingerprint density at radius 1 is 0.958 bits per heavy atom. The predicted octanol–water partition coefficient (Wildman–Crippen LogP) is 2.98. The van der Waals surface area contributed by atoms with E-state index in [1.807, 2.05) is 12.1 Å². The molecule has 6 heteroatoms. The van der Waals surface area contributed by atoms with E-state index < -0.39 is 5.95 Å². The van der Waals surface area contributed by atoms with E-state index in [0.29, 0.717) is 11.5 Å². The molecular formula is C18H22F2N4. The molecule has 1 fully saturated rings. The molecule has 1 aromatic heterocycles. The maximum absolute atomic E-state index is 13.8. The lowest BCUT2D eigenvalue weighted by Crippen LogP contribution is -2.47. The Bertz CT molecular complexity index is 657. The summed E-state index contributed by atoms with van der Waals surface area (Å²) in [6.07, 6.45) is 0.956. The summed E-state index contributed by atoms with van der Waals surface area (Å²) in [5.41, 5.74) is 0.691. The highest BCUT2D eigenvalue weighted by atomic mass is 19.1. The van der Waals surface area contributed by atoms with Gasteiger partial charge in [-0.2, -0.15) is 4.39 Å². The van der Waals surface area contributed by atoms with Gasteiger partial charge < -0.3 is 10.2 Å². The fraction of sp³-hybridized carbons (Fsp3) is 0.389. The summed E-state index contributed by atoms with van der Waals surface area (Å²) >= 11 is 0. The van der Waals surface area contributed by atoms with E-state index >= 15 is 0 Å². The standard InChI is InChI=1S/C18H22F2N4/c19-15-5-1-2-6-16(15)24-13-11-23(12-14-24)10-4-9-21-18-8-3-7-17(20)22-18/h1-3,5-8H,4,9-14H2,(H,21,22). The van der Waals surface area contributed by atoms with Crippen molar-refractivity contribution >= 4 is 11.5 Å². The lowest BCUT2D eigenvalue weighted by molar-refractivity contribution is 0.256. The summed E-state index contributed by atoms with van der Waals surface area (Å²) in [5, 5.41) is 3.13. The van der Waals surface area contributed by atoms with E-state index in [1.54, 1.807) is 18.2 Å². The normalized spacial score (nSPS) is 15.5. The first kappa shape index (κ1) is 16.6. The number of halogens is 2. The van der Waals surface area contributed by atoms with Crippen molar-refractivity contribution in [3.63, 3.8) is 0 Å². The van der Waals surface area contributed by atoms with Gasteiger partial charge in [0.05, 0.1) is 5.69 Å². The molecule has 128 valence electrons. The molecule has 24 heavy (non-hydrogen) atoms. The van der Waals surface area contributed by atoms with Crippen LogP contribution in [0.3, 0.4) is 0 Å². The lowest BCUT2D eigenvalue weighted by atomic mass is 10.2. The molecule has 0 saturated carbocycles. The fourth-order valence-electron chi connectivity index (χ4n) is 2.95. The van der Waals surface area contributed by atoms with Gasteiger partial charge in [-0.1, -0.05) is 18.2 Å². The second-order valence-electron chi connectivity index (χ2n) is 5.91. The second kappa shape index (κ2) is 8.06. The molecule has 1 N–H and O–H groups in total. The molecule has 4 nitrogen and oxygen atoms in total. The number of aromatic nitrogens is 1. The van der Waals surface area contributed by atoms with Crippen LogP contribution in [-0.2, 0) is 0 Å². The van der Waals surface area contributed by atoms with Crippen LogP contribution in [0.5, 0.6) is 0 Å². The summed E-state index contributed by atoms with van der Waals surface area (Å²) in [5.74, 6) is -0.0543. The van der Waals surface area contributed by atoms with Gasteiger partial charge in [0.1, 0.15) is 11.6 Å². The molecule has 1 aliphatic heterocycles. The minimum absolute atomic E-state index is 0.155. The molecular weight excluding hydrogens is 310 g/mol. The van der Waals surface area contributed by atoms with Gasteiger partial charge in [-0.05, 0) is 37.2 Å². The largest absolute Gasteiger partial charge is 0.370 e. The van der Waals surface area contributed by atoms with Gasteiger partial charge in [0.2, 0.25) is 5.95 Å². The van der Waals surface area contributed by atoms with Gasteiger partial charge in [-0.15, -0.1) is 0 Å². The summed E-state index contributed by atoms with van der Waals surface area (Å²) in [4.78, 5) is 8.25. The first-order valence-electron chi connectivity index (χ1n) is 8.30. The number of para-hydroxylation sites is 1. The first-order valence-corrected chi connectivity index (χ1v) is 8.30. The quantitative estimate of drug-likeness (QED) is 0.651. The zero-order valence-corrected chi connectivity index (χ0v) is 13.6. The van der Waals surface area contributed by atoms with Crippen LogP contribution < -0.4 is 10.2 Å². The zero-order valence-electron chi connectivity index (χ0n) is 13.6. The van der Waals surface area contributed by atoms with Crippen LogP contribution in [0.25, 0.3) is 0 Å². The minimum Gasteiger partial charge on any atom is -0.370 e. The summed E-state index contributed by atoms with van der Waals surface area (Å²) in [6.45, 7) is 5.23. The lowest BCUT2D eigenvalue weighted by Gasteiger charge is -2.36. The zero-order chi connectivity index (χ0) is 16.8. The third-order valence-corrected chi connectivity index (χ3v) is 4.24. The van der Waals surface area contributed by atoms with Crippen LogP contribution in [-0.4, -0.2) is 49.2 Å². The predicted molar refractivity (Wildman–Crippen MR) is 92.4 cm³/mol. The fourth-order valence-corrected chi connectivity index (χ4v) is 2.95. The Hall–Kier alpha value is -2.21. The number of piperazine rings is 1. The van der Waals surface area contributed by atoms with Gasteiger partial charge in [-0.25, -0.2) is 9.37 Å². The van der Waals surface area contributed by atoms with Crippen molar-refractivity contribution in [2.75, 3.05) is 49.5 Å². The van der Waals surface area contributed by atoms with Crippen LogP contribution >= 0.6 is 0 Å². The Morgan fingerprint density at radius 3 is 2.50 bits per heavy atom. The number of nitrogens with one attached hydrogen (secondary N) is 1. The maximum atomic E-state index is 13.8. The van der Waals surface area contributed by atoms with E-state index in [-0.39, 0.29) is 5.82 Å². The first-order chi connectivity index (χ1) is 11.7. The topological polar surface area (TPSA) is 31.4 Å². The third kappa shape index (κ3) is 4.41. The van der Waals surface area contributed by atoms with Crippen molar-refractivity contribution in [3.05, 3.63) is 54.2 Å². The average Bonchev–Trinajstić information content (AvgIpc) is 2.60. The average molecular weight is 332 g/mol. The van der Waals surface area contributed by atoms with Crippen molar-refractivity contribution in [2.24, 2.45) is 0 Å². The number of anilines is 2. The molecule has 0 spiro atoms. The van der Waals surface area contributed by atoms with Crippen molar-refractivity contribution in [1.29, 1.82) is 0 Å². The number of benzene rings is 1. The number of rotatable bonds is 6. The van der Waals surface area contributed by atoms with Crippen LogP contribution in [0, 0.1) is 11.8 Å². The van der Waals surface area contributed by atoms with Gasteiger partial charge >= 0.3 is 0 Å². The minimum atomic E-state index is -0.468. The number of nitrogens with zero attached hydrogens (tertiary/aromatic N) is 3. The molecule has 0 bridgehead atoms. The Kier molecular flexibility index (Phi) is 5.59. The number of pyridine rings is 1. The van der Waals surface area contributed by atoms with Gasteiger partial charge in [0.15, 0.2) is 0 Å². The van der Waals surface area contributed by atoms with E-state index in [9.17, 15) is 8.78 Å². The molecule has 3 rings (SSSR count). The highest BCUT2D eigenvalue weighted by molar-refractivity contribution is 5.48. The van der Waals surface area contributed by atoms with Crippen LogP contribution in [0.1, 0.15) is 6.42 Å². The van der Waals surface area contributed by atoms with Crippen molar-refractivity contribution < 1.29 is 8.78 Å². The van der Waals surface area contributed by atoms with Gasteiger partial charge in [0, 0.05) is 32.7 Å². The molecule has 0 aliphatic carbocycles. The van der Waals surface area contributed by atoms with Crippen molar-refractivity contribution in [2.45, 2.75) is 6.42 Å². The van der Waals surface area contributed by atoms with Crippen LogP contribution in [0.15, 0.2) is 42.5 Å². The molecule has 0 atom stereocenters. The van der Waals surface area contributed by atoms with E-state index in [4.69, 9.17) is 0 Å². The third-order valence-electron chi connectivity index (χ3n) is 4.24. The van der Waals surface area contributed by atoms with Crippen molar-refractivity contribution in [3.8, 4) is 0 Å². The second-order valence-corrected chi connectivity index (χ2v) is 5.91. The summed E-state index contributed by atoms with van der Waals surface area (Å²) in [6, 6.07) is 11.7. The molecule has 2 heterocycles.